The quantitative estimate of drug-likeness (QED) is 0.148. The first-order valence-corrected chi connectivity index (χ1v) is 21.6. The first-order valence-electron chi connectivity index (χ1n) is 21.6. The smallest absolute Gasteiger partial charge is 0.310 e. The third kappa shape index (κ3) is 6.50. The lowest BCUT2D eigenvalue weighted by Crippen LogP contribution is -2.06. The van der Waals surface area contributed by atoms with E-state index in [-0.39, 0.29) is 0 Å². The molecule has 0 fully saturated rings. The lowest BCUT2D eigenvalue weighted by molar-refractivity contribution is -0.137. The fourth-order valence-electron chi connectivity index (χ4n) is 9.99. The number of fused-ring (bicyclic) bond motifs is 6. The van der Waals surface area contributed by atoms with E-state index in [0.717, 1.165) is 77.2 Å². The molecule has 0 saturated carbocycles. The van der Waals surface area contributed by atoms with Gasteiger partial charge in [0.1, 0.15) is 0 Å². The number of nitrogens with zero attached hydrogens (tertiary/aromatic N) is 3. The van der Waals surface area contributed by atoms with Gasteiger partial charge in [-0.05, 0) is 132 Å². The molecule has 0 aliphatic rings. The maximum absolute atomic E-state index is 14.7. The fourth-order valence-corrected chi connectivity index (χ4v) is 9.99. The van der Waals surface area contributed by atoms with Crippen molar-refractivity contribution >= 4 is 49.3 Å². The van der Waals surface area contributed by atoms with Crippen molar-refractivity contribution in [1.82, 2.24) is 9.13 Å². The van der Waals surface area contributed by atoms with Crippen LogP contribution in [0.4, 0.5) is 18.9 Å². The van der Waals surface area contributed by atoms with Gasteiger partial charge in [-0.1, -0.05) is 127 Å². The van der Waals surface area contributed by atoms with Crippen molar-refractivity contribution in [2.75, 3.05) is 0 Å². The van der Waals surface area contributed by atoms with Gasteiger partial charge in [-0.15, -0.1) is 0 Å². The lowest BCUT2D eigenvalue weighted by atomic mass is 9.89. The summed E-state index contributed by atoms with van der Waals surface area (Å²) in [5.74, 6) is 0. The normalized spacial score (nSPS) is 11.8. The van der Waals surface area contributed by atoms with Crippen LogP contribution in [0.2, 0.25) is 0 Å². The van der Waals surface area contributed by atoms with Crippen LogP contribution >= 0.6 is 0 Å². The first-order chi connectivity index (χ1) is 31.6. The minimum Gasteiger partial charge on any atom is -0.310 e. The second kappa shape index (κ2) is 15.3. The summed E-state index contributed by atoms with van der Waals surface area (Å²) in [4.78, 5) is 4.20. The molecule has 0 atom stereocenters. The Bertz CT molecular complexity index is 3760. The Hall–Kier alpha value is -8.14. The zero-order valence-electron chi connectivity index (χ0n) is 35.9. The van der Waals surface area contributed by atoms with Crippen LogP contribution in [0.15, 0.2) is 188 Å². The van der Waals surface area contributed by atoms with Gasteiger partial charge in [0, 0.05) is 38.4 Å². The Labute approximate surface area is 374 Å². The minimum absolute atomic E-state index is 0.380. The highest BCUT2D eigenvalue weighted by Gasteiger charge is 2.32. The predicted octanol–water partition coefficient (Wildman–Crippen LogP) is 17.0. The van der Waals surface area contributed by atoms with E-state index >= 15 is 0 Å². The second-order valence-electron chi connectivity index (χ2n) is 16.9. The van der Waals surface area contributed by atoms with Crippen molar-refractivity contribution in [2.24, 2.45) is 0 Å². The number of para-hydroxylation sites is 2. The molecule has 0 bridgehead atoms. The van der Waals surface area contributed by atoms with Gasteiger partial charge in [0.25, 0.3) is 0 Å². The van der Waals surface area contributed by atoms with Gasteiger partial charge >= 0.3 is 6.18 Å². The van der Waals surface area contributed by atoms with Crippen molar-refractivity contribution in [3.8, 4) is 55.9 Å². The summed E-state index contributed by atoms with van der Waals surface area (Å²) in [5.41, 5.74) is 14.5. The molecule has 0 aliphatic carbocycles. The maximum atomic E-state index is 14.7. The van der Waals surface area contributed by atoms with Crippen molar-refractivity contribution in [2.45, 2.75) is 26.9 Å². The number of rotatable bonds is 6. The van der Waals surface area contributed by atoms with Gasteiger partial charge in [0.2, 0.25) is 0 Å². The van der Waals surface area contributed by atoms with E-state index in [1.165, 1.54) is 23.3 Å². The summed E-state index contributed by atoms with van der Waals surface area (Å²) < 4.78 is 48.5. The Morgan fingerprint density at radius 1 is 0.415 bits per heavy atom. The van der Waals surface area contributed by atoms with Crippen LogP contribution < -0.4 is 0 Å². The van der Waals surface area contributed by atoms with Crippen LogP contribution in [-0.4, -0.2) is 9.13 Å². The largest absolute Gasteiger partial charge is 0.416 e. The van der Waals surface area contributed by atoms with Crippen molar-refractivity contribution in [1.29, 1.82) is 0 Å². The summed E-state index contributed by atoms with van der Waals surface area (Å²) in [6.07, 6.45) is -4.57. The topological polar surface area (TPSA) is 14.2 Å². The molecule has 312 valence electrons. The molecule has 0 unspecified atom stereocenters. The van der Waals surface area contributed by atoms with E-state index in [9.17, 15) is 13.2 Å². The zero-order valence-corrected chi connectivity index (χ0v) is 35.9. The molecule has 11 rings (SSSR count). The van der Waals surface area contributed by atoms with E-state index in [0.29, 0.717) is 33.5 Å². The summed E-state index contributed by atoms with van der Waals surface area (Å²) in [7, 11) is 0. The van der Waals surface area contributed by atoms with Crippen LogP contribution in [0, 0.1) is 27.3 Å². The molecule has 0 spiro atoms. The van der Waals surface area contributed by atoms with Crippen LogP contribution in [0.3, 0.4) is 0 Å². The van der Waals surface area contributed by atoms with Gasteiger partial charge in [-0.3, -0.25) is 0 Å². The molecule has 0 saturated heterocycles. The molecule has 6 heteroatoms. The van der Waals surface area contributed by atoms with Crippen molar-refractivity contribution < 1.29 is 13.2 Å². The van der Waals surface area contributed by atoms with Gasteiger partial charge < -0.3 is 9.13 Å². The molecule has 2 heterocycles. The maximum Gasteiger partial charge on any atom is 0.416 e. The van der Waals surface area contributed by atoms with E-state index in [1.54, 1.807) is 6.92 Å². The van der Waals surface area contributed by atoms with Crippen LogP contribution in [0.1, 0.15) is 22.3 Å². The Balaban J connectivity index is 1.27. The van der Waals surface area contributed by atoms with Gasteiger partial charge in [0.15, 0.2) is 5.69 Å². The standard InChI is InChI=1S/C59H40F3N3/c1-36-31-41(33-42(32-36)59(60,61)62)45-21-13-25-55(64-51-23-11-9-19-46(51)48-34-39(27-29-53(48)64)43-17-7-5-15-37(43)2)57(45)58-50(63-4)22-14-26-56(58)65-52-24-12-10-20-47(52)49-35-40(28-30-54(49)65)44-18-8-6-16-38(44)3/h5-35H,1-3H3. The Kier molecular flexibility index (Phi) is 9.34. The molecule has 0 aliphatic heterocycles. The average Bonchev–Trinajstić information content (AvgIpc) is 3.83. The molecule has 2 aromatic heterocycles. The number of aromatic nitrogens is 2. The molecule has 9 aromatic carbocycles. The zero-order chi connectivity index (χ0) is 44.6. The predicted molar refractivity (Wildman–Crippen MR) is 262 cm³/mol. The highest BCUT2D eigenvalue weighted by atomic mass is 19.4. The lowest BCUT2D eigenvalue weighted by Gasteiger charge is -2.23. The Morgan fingerprint density at radius 3 is 1.43 bits per heavy atom. The average molecular weight is 848 g/mol. The number of benzene rings is 9. The van der Waals surface area contributed by atoms with Crippen molar-refractivity contribution in [3.05, 3.63) is 222 Å². The van der Waals surface area contributed by atoms with Gasteiger partial charge in [0.05, 0.1) is 39.9 Å². The van der Waals surface area contributed by atoms with E-state index in [1.807, 2.05) is 78.9 Å². The third-order valence-electron chi connectivity index (χ3n) is 12.9. The van der Waals surface area contributed by atoms with Gasteiger partial charge in [-0.2, -0.15) is 13.2 Å². The molecule has 0 amide bonds. The van der Waals surface area contributed by atoms with E-state index < -0.39 is 11.7 Å². The second-order valence-corrected chi connectivity index (χ2v) is 16.9. The molecular formula is C59H40F3N3. The number of aryl methyl sites for hydroxylation is 3. The Morgan fingerprint density at radius 2 is 0.892 bits per heavy atom. The summed E-state index contributed by atoms with van der Waals surface area (Å²) in [6.45, 7) is 14.7. The van der Waals surface area contributed by atoms with Gasteiger partial charge in [-0.25, -0.2) is 4.85 Å². The van der Waals surface area contributed by atoms with Crippen molar-refractivity contribution in [3.63, 3.8) is 0 Å². The van der Waals surface area contributed by atoms with Crippen LogP contribution in [0.25, 0.3) is 104 Å². The van der Waals surface area contributed by atoms with Crippen LogP contribution in [0.5, 0.6) is 0 Å². The molecule has 11 aromatic rings. The molecular weight excluding hydrogens is 808 g/mol. The summed E-state index contributed by atoms with van der Waals surface area (Å²) in [5, 5.41) is 4.17. The summed E-state index contributed by atoms with van der Waals surface area (Å²) >= 11 is 0. The fraction of sp³-hybridized carbons (Fsp3) is 0.0678. The third-order valence-corrected chi connectivity index (χ3v) is 12.9. The minimum atomic E-state index is -4.57. The monoisotopic (exact) mass is 847 g/mol. The molecule has 0 radical (unpaired) electrons. The number of halogens is 3. The first kappa shape index (κ1) is 39.7. The SMILES string of the molecule is [C-]#[N+]c1cccc(-n2c3ccccc3c3cc(-c4ccccc4C)ccc32)c1-c1c(-c2cc(C)cc(C(F)(F)F)c2)cccc1-n1c2ccccc2c2cc(-c3ccccc3C)ccc21. The number of hydrogen-bond donors (Lipinski definition) is 0. The highest BCUT2D eigenvalue weighted by Crippen LogP contribution is 2.49. The van der Waals surface area contributed by atoms with E-state index in [4.69, 9.17) is 6.57 Å². The number of alkyl halides is 3. The molecule has 0 N–H and O–H groups in total. The summed E-state index contributed by atoms with van der Waals surface area (Å²) in [6, 6.07) is 62.1. The van der Waals surface area contributed by atoms with Crippen LogP contribution in [-0.2, 0) is 6.18 Å². The molecule has 65 heavy (non-hydrogen) atoms. The number of hydrogen-bond acceptors (Lipinski definition) is 0. The highest BCUT2D eigenvalue weighted by molar-refractivity contribution is 6.14. The molecule has 3 nitrogen and oxygen atoms in total. The van der Waals surface area contributed by atoms with E-state index in [2.05, 4.69) is 125 Å².